The Balaban J connectivity index is 2.05. The van der Waals surface area contributed by atoms with Crippen LogP contribution in [0.5, 0.6) is 5.75 Å². The highest BCUT2D eigenvalue weighted by atomic mass is 35.5. The number of nitrogens with zero attached hydrogens (tertiary/aromatic N) is 3. The zero-order valence-electron chi connectivity index (χ0n) is 20.6. The maximum Gasteiger partial charge on any atom is 0.310 e. The summed E-state index contributed by atoms with van der Waals surface area (Å²) >= 11 is 6.16. The van der Waals surface area contributed by atoms with E-state index in [2.05, 4.69) is 50.0 Å². The van der Waals surface area contributed by atoms with Gasteiger partial charge < -0.3 is 4.74 Å². The summed E-state index contributed by atoms with van der Waals surface area (Å²) in [6.45, 7) is 10.4. The molecule has 0 spiro atoms. The van der Waals surface area contributed by atoms with Crippen LogP contribution in [0.4, 0.5) is 0 Å². The first-order valence-corrected chi connectivity index (χ1v) is 12.5. The van der Waals surface area contributed by atoms with E-state index in [1.807, 2.05) is 6.07 Å². The third kappa shape index (κ3) is 6.57. The molecule has 1 heterocycles. The van der Waals surface area contributed by atoms with E-state index in [9.17, 15) is 4.79 Å². The van der Waals surface area contributed by atoms with Crippen LogP contribution in [0.25, 0.3) is 16.7 Å². The Morgan fingerprint density at radius 3 is 2.36 bits per heavy atom. The maximum absolute atomic E-state index is 12.4. The Labute approximate surface area is 202 Å². The molecule has 33 heavy (non-hydrogen) atoms. The fraction of sp³-hybridized carbons (Fsp3) is 0.519. The summed E-state index contributed by atoms with van der Waals surface area (Å²) in [6, 6.07) is 9.71. The number of hydrogen-bond donors (Lipinski definition) is 0. The van der Waals surface area contributed by atoms with Crippen molar-refractivity contribution in [3.8, 4) is 11.4 Å². The van der Waals surface area contributed by atoms with E-state index in [0.29, 0.717) is 28.4 Å². The molecule has 0 unspecified atom stereocenters. The van der Waals surface area contributed by atoms with Gasteiger partial charge in [0.25, 0.3) is 0 Å². The summed E-state index contributed by atoms with van der Waals surface area (Å²) in [6.07, 6.45) is 8.74. The Bertz CT molecular complexity index is 1100. The monoisotopic (exact) mass is 469 g/mol. The van der Waals surface area contributed by atoms with Crippen molar-refractivity contribution < 1.29 is 9.53 Å². The molecule has 0 aliphatic heterocycles. The van der Waals surface area contributed by atoms with E-state index in [-0.39, 0.29) is 11.4 Å². The van der Waals surface area contributed by atoms with Crippen LogP contribution < -0.4 is 4.74 Å². The minimum atomic E-state index is -0.273. The first-order valence-electron chi connectivity index (χ1n) is 12.1. The van der Waals surface area contributed by atoms with Gasteiger partial charge in [0.05, 0.1) is 0 Å². The smallest absolute Gasteiger partial charge is 0.310 e. The number of ether oxygens (including phenoxy) is 1. The van der Waals surface area contributed by atoms with Gasteiger partial charge in [-0.3, -0.25) is 4.79 Å². The second-order valence-electron chi connectivity index (χ2n) is 9.71. The predicted octanol–water partition coefficient (Wildman–Crippen LogP) is 7.59. The van der Waals surface area contributed by atoms with Crippen molar-refractivity contribution in [3.63, 3.8) is 0 Å². The van der Waals surface area contributed by atoms with Gasteiger partial charge in [-0.2, -0.15) is 0 Å². The summed E-state index contributed by atoms with van der Waals surface area (Å²) in [5, 5.41) is 9.94. The SMILES string of the molecule is CCCCCCCCc1cc(-n2nc3ccc(Cl)cc3n2)c(OC(=O)CC)c(C(C)(C)C)c1. The number of halogens is 1. The molecule has 2 aromatic carbocycles. The minimum absolute atomic E-state index is 0.217. The van der Waals surface area contributed by atoms with Gasteiger partial charge in [0.1, 0.15) is 16.7 Å². The number of benzene rings is 2. The van der Waals surface area contributed by atoms with Crippen LogP contribution in [-0.2, 0) is 16.6 Å². The fourth-order valence-corrected chi connectivity index (χ4v) is 4.09. The van der Waals surface area contributed by atoms with Crippen LogP contribution >= 0.6 is 11.6 Å². The van der Waals surface area contributed by atoms with E-state index in [4.69, 9.17) is 16.3 Å². The average Bonchev–Trinajstić information content (AvgIpc) is 3.18. The zero-order valence-corrected chi connectivity index (χ0v) is 21.3. The van der Waals surface area contributed by atoms with Crippen LogP contribution in [0.2, 0.25) is 5.02 Å². The van der Waals surface area contributed by atoms with E-state index in [1.54, 1.807) is 23.9 Å². The third-order valence-corrected chi connectivity index (χ3v) is 6.05. The van der Waals surface area contributed by atoms with Crippen molar-refractivity contribution in [2.45, 2.75) is 91.4 Å². The van der Waals surface area contributed by atoms with E-state index < -0.39 is 0 Å². The number of aromatic nitrogens is 3. The Kier molecular flexibility index (Phi) is 8.52. The second kappa shape index (κ2) is 11.1. The van der Waals surface area contributed by atoms with Gasteiger partial charge >= 0.3 is 5.97 Å². The van der Waals surface area contributed by atoms with Crippen molar-refractivity contribution in [2.24, 2.45) is 0 Å². The van der Waals surface area contributed by atoms with Crippen molar-refractivity contribution in [2.75, 3.05) is 0 Å². The molecule has 1 aromatic heterocycles. The molecule has 178 valence electrons. The molecule has 0 aliphatic carbocycles. The molecular weight excluding hydrogens is 434 g/mol. The molecule has 3 aromatic rings. The lowest BCUT2D eigenvalue weighted by atomic mass is 9.84. The van der Waals surface area contributed by atoms with Crippen molar-refractivity contribution in [3.05, 3.63) is 46.5 Å². The quantitative estimate of drug-likeness (QED) is 0.174. The summed E-state index contributed by atoms with van der Waals surface area (Å²) in [5.74, 6) is 0.262. The van der Waals surface area contributed by atoms with E-state index in [1.165, 1.54) is 37.7 Å². The molecule has 0 N–H and O–H groups in total. The summed E-state index contributed by atoms with van der Waals surface area (Å²) in [5.41, 5.74) is 4.12. The van der Waals surface area contributed by atoms with E-state index in [0.717, 1.165) is 23.9 Å². The molecule has 0 amide bonds. The van der Waals surface area contributed by atoms with Crippen LogP contribution in [-0.4, -0.2) is 21.0 Å². The standard InChI is InChI=1S/C27H36ClN3O2/c1-6-8-9-10-11-12-13-19-16-21(27(3,4)5)26(33-25(32)7-2)24(17-19)31-29-22-15-14-20(28)18-23(22)30-31/h14-18H,6-13H2,1-5H3. The molecule has 0 fully saturated rings. The number of rotatable bonds is 10. The number of esters is 1. The molecule has 0 aliphatic rings. The number of carbonyl (C=O) groups is 1. The number of fused-ring (bicyclic) bond motifs is 1. The summed E-state index contributed by atoms with van der Waals surface area (Å²) in [7, 11) is 0. The summed E-state index contributed by atoms with van der Waals surface area (Å²) in [4.78, 5) is 13.9. The van der Waals surface area contributed by atoms with Gasteiger partial charge in [0.2, 0.25) is 0 Å². The lowest BCUT2D eigenvalue weighted by Crippen LogP contribution is -2.19. The molecule has 0 saturated carbocycles. The number of unbranched alkanes of at least 4 members (excludes halogenated alkanes) is 5. The number of hydrogen-bond acceptors (Lipinski definition) is 4. The zero-order chi connectivity index (χ0) is 24.0. The lowest BCUT2D eigenvalue weighted by Gasteiger charge is -2.25. The first-order chi connectivity index (χ1) is 15.7. The molecule has 6 heteroatoms. The molecule has 3 rings (SSSR count). The molecule has 0 radical (unpaired) electrons. The van der Waals surface area contributed by atoms with Crippen LogP contribution in [0.15, 0.2) is 30.3 Å². The highest BCUT2D eigenvalue weighted by Crippen LogP contribution is 2.38. The number of aryl methyl sites for hydroxylation is 1. The van der Waals surface area contributed by atoms with Crippen molar-refractivity contribution in [1.82, 2.24) is 15.0 Å². The van der Waals surface area contributed by atoms with Crippen LogP contribution in [0, 0.1) is 0 Å². The topological polar surface area (TPSA) is 57.0 Å². The van der Waals surface area contributed by atoms with Gasteiger partial charge in [-0.1, -0.05) is 84.4 Å². The number of carbonyl (C=O) groups excluding carboxylic acids is 1. The fourth-order valence-electron chi connectivity index (χ4n) is 3.92. The summed E-state index contributed by atoms with van der Waals surface area (Å²) < 4.78 is 5.89. The van der Waals surface area contributed by atoms with Gasteiger partial charge in [0, 0.05) is 17.0 Å². The van der Waals surface area contributed by atoms with Gasteiger partial charge in [-0.15, -0.1) is 15.0 Å². The van der Waals surface area contributed by atoms with Crippen molar-refractivity contribution >= 4 is 28.6 Å². The maximum atomic E-state index is 12.4. The Morgan fingerprint density at radius 2 is 1.67 bits per heavy atom. The molecule has 0 atom stereocenters. The van der Waals surface area contributed by atoms with Crippen LogP contribution in [0.3, 0.4) is 0 Å². The lowest BCUT2D eigenvalue weighted by molar-refractivity contribution is -0.134. The Hall–Kier alpha value is -2.40. The van der Waals surface area contributed by atoms with Gasteiger partial charge in [-0.25, -0.2) is 0 Å². The second-order valence-corrected chi connectivity index (χ2v) is 10.1. The minimum Gasteiger partial charge on any atom is -0.424 e. The molecular formula is C27H36ClN3O2. The third-order valence-electron chi connectivity index (χ3n) is 5.82. The Morgan fingerprint density at radius 1 is 0.970 bits per heavy atom. The highest BCUT2D eigenvalue weighted by Gasteiger charge is 2.26. The van der Waals surface area contributed by atoms with E-state index >= 15 is 0 Å². The van der Waals surface area contributed by atoms with Gasteiger partial charge in [0.15, 0.2) is 5.75 Å². The first kappa shape index (κ1) is 25.2. The molecule has 0 saturated heterocycles. The predicted molar refractivity (Wildman–Crippen MR) is 136 cm³/mol. The molecule has 5 nitrogen and oxygen atoms in total. The van der Waals surface area contributed by atoms with Crippen LogP contribution in [0.1, 0.15) is 90.7 Å². The largest absolute Gasteiger partial charge is 0.424 e. The van der Waals surface area contributed by atoms with Crippen molar-refractivity contribution in [1.29, 1.82) is 0 Å². The van der Waals surface area contributed by atoms with Gasteiger partial charge in [-0.05, 0) is 48.1 Å². The highest BCUT2D eigenvalue weighted by molar-refractivity contribution is 6.31. The molecule has 0 bridgehead atoms. The normalized spacial score (nSPS) is 11.8. The average molecular weight is 470 g/mol.